The molecular weight excluding hydrogens is 248 g/mol. The van der Waals surface area contributed by atoms with Crippen molar-refractivity contribution in [1.82, 2.24) is 9.80 Å². The van der Waals surface area contributed by atoms with Crippen molar-refractivity contribution in [3.05, 3.63) is 0 Å². The number of nitrogens with zero attached hydrogens (tertiary/aromatic N) is 2. The Balaban J connectivity index is 1.96. The van der Waals surface area contributed by atoms with Gasteiger partial charge in [0.2, 0.25) is 0 Å². The lowest BCUT2D eigenvalue weighted by molar-refractivity contribution is 0.0830. The van der Waals surface area contributed by atoms with Crippen molar-refractivity contribution >= 4 is 0 Å². The van der Waals surface area contributed by atoms with Crippen LogP contribution in [0.3, 0.4) is 0 Å². The number of hydrogen-bond donors (Lipinski definition) is 0. The van der Waals surface area contributed by atoms with Gasteiger partial charge in [-0.05, 0) is 32.4 Å². The van der Waals surface area contributed by atoms with Gasteiger partial charge in [-0.15, -0.1) is 0 Å². The number of methoxy groups -OCH3 is 1. The summed E-state index contributed by atoms with van der Waals surface area (Å²) in [7, 11) is 1.87. The van der Waals surface area contributed by atoms with E-state index in [1.54, 1.807) is 0 Å². The fourth-order valence-corrected chi connectivity index (χ4v) is 3.03. The van der Waals surface area contributed by atoms with Gasteiger partial charge < -0.3 is 14.5 Å². The maximum absolute atomic E-state index is 5.56. The van der Waals surface area contributed by atoms with Gasteiger partial charge in [-0.3, -0.25) is 0 Å². The molecule has 1 fully saturated rings. The smallest absolute Gasteiger partial charge is 0.0571 e. The summed E-state index contributed by atoms with van der Waals surface area (Å²) in [5.74, 6) is 0. The van der Waals surface area contributed by atoms with Crippen molar-refractivity contribution in [1.29, 1.82) is 0 Å². The molecule has 1 rings (SSSR count). The van der Waals surface area contributed by atoms with Gasteiger partial charge >= 0.3 is 0 Å². The Hall–Kier alpha value is -0.120. The topological polar surface area (TPSA) is 15.7 Å². The van der Waals surface area contributed by atoms with E-state index in [9.17, 15) is 0 Å². The standard InChI is InChI=1S/C17H36N2O/c1-4-6-10-17(20-3)11-8-7-9-12-19-15-13-18(5-2)14-16-19/h17H,4-16H2,1-3H3/t17-/m1/s1. The molecule has 120 valence electrons. The van der Waals surface area contributed by atoms with Crippen LogP contribution in [-0.4, -0.2) is 62.3 Å². The summed E-state index contributed by atoms with van der Waals surface area (Å²) < 4.78 is 5.56. The molecule has 1 atom stereocenters. The van der Waals surface area contributed by atoms with Crippen molar-refractivity contribution in [2.45, 2.75) is 64.9 Å². The maximum Gasteiger partial charge on any atom is 0.0571 e. The Labute approximate surface area is 126 Å². The molecule has 0 spiro atoms. The van der Waals surface area contributed by atoms with Crippen molar-refractivity contribution in [2.24, 2.45) is 0 Å². The molecular formula is C17H36N2O. The van der Waals surface area contributed by atoms with Crippen molar-refractivity contribution < 1.29 is 4.74 Å². The normalized spacial score (nSPS) is 19.4. The van der Waals surface area contributed by atoms with Gasteiger partial charge in [0.25, 0.3) is 0 Å². The Morgan fingerprint density at radius 1 is 0.850 bits per heavy atom. The lowest BCUT2D eigenvalue weighted by Gasteiger charge is -2.34. The third-order valence-electron chi connectivity index (χ3n) is 4.63. The lowest BCUT2D eigenvalue weighted by Crippen LogP contribution is -2.46. The molecule has 0 aromatic heterocycles. The van der Waals surface area contributed by atoms with E-state index in [0.717, 1.165) is 0 Å². The zero-order valence-electron chi connectivity index (χ0n) is 14.1. The summed E-state index contributed by atoms with van der Waals surface area (Å²) in [5.41, 5.74) is 0. The molecule has 20 heavy (non-hydrogen) atoms. The number of unbranched alkanes of at least 4 members (excludes halogenated alkanes) is 3. The molecule has 1 heterocycles. The molecule has 1 aliphatic heterocycles. The first-order valence-corrected chi connectivity index (χ1v) is 8.77. The fraction of sp³-hybridized carbons (Fsp3) is 1.00. The SMILES string of the molecule is CCCC[C@H](CCCCCN1CCN(CC)CC1)OC. The summed E-state index contributed by atoms with van der Waals surface area (Å²) in [6.07, 6.45) is 9.63. The zero-order valence-corrected chi connectivity index (χ0v) is 14.1. The van der Waals surface area contributed by atoms with Crippen LogP contribution in [0.15, 0.2) is 0 Å². The van der Waals surface area contributed by atoms with Crippen LogP contribution < -0.4 is 0 Å². The molecule has 3 heteroatoms. The van der Waals surface area contributed by atoms with E-state index in [1.165, 1.54) is 84.2 Å². The van der Waals surface area contributed by atoms with E-state index in [-0.39, 0.29) is 0 Å². The molecule has 0 unspecified atom stereocenters. The van der Waals surface area contributed by atoms with Gasteiger partial charge in [-0.1, -0.05) is 39.5 Å². The zero-order chi connectivity index (χ0) is 14.6. The highest BCUT2D eigenvalue weighted by atomic mass is 16.5. The molecule has 1 aliphatic rings. The van der Waals surface area contributed by atoms with Crippen LogP contribution in [0.1, 0.15) is 58.8 Å². The minimum atomic E-state index is 0.503. The van der Waals surface area contributed by atoms with E-state index >= 15 is 0 Å². The third kappa shape index (κ3) is 7.61. The second-order valence-corrected chi connectivity index (χ2v) is 6.13. The van der Waals surface area contributed by atoms with Crippen LogP contribution in [0, 0.1) is 0 Å². The summed E-state index contributed by atoms with van der Waals surface area (Å²) >= 11 is 0. The quantitative estimate of drug-likeness (QED) is 0.541. The van der Waals surface area contributed by atoms with Gasteiger partial charge in [0.05, 0.1) is 6.10 Å². The average molecular weight is 284 g/mol. The Morgan fingerprint density at radius 2 is 1.50 bits per heavy atom. The number of piperazine rings is 1. The molecule has 0 aliphatic carbocycles. The number of hydrogen-bond acceptors (Lipinski definition) is 3. The van der Waals surface area contributed by atoms with E-state index in [4.69, 9.17) is 4.74 Å². The number of ether oxygens (including phenoxy) is 1. The first kappa shape index (κ1) is 17.9. The van der Waals surface area contributed by atoms with E-state index in [2.05, 4.69) is 23.6 Å². The lowest BCUT2D eigenvalue weighted by atomic mass is 10.0. The monoisotopic (exact) mass is 284 g/mol. The molecule has 3 nitrogen and oxygen atoms in total. The van der Waals surface area contributed by atoms with E-state index < -0.39 is 0 Å². The van der Waals surface area contributed by atoms with Crippen LogP contribution in [-0.2, 0) is 4.74 Å². The Kier molecular flexibility index (Phi) is 10.3. The van der Waals surface area contributed by atoms with Gasteiger partial charge in [0, 0.05) is 33.3 Å². The number of rotatable bonds is 11. The molecule has 0 saturated carbocycles. The maximum atomic E-state index is 5.56. The molecule has 0 radical (unpaired) electrons. The highest BCUT2D eigenvalue weighted by Gasteiger charge is 2.14. The minimum Gasteiger partial charge on any atom is -0.381 e. The van der Waals surface area contributed by atoms with Gasteiger partial charge in [-0.25, -0.2) is 0 Å². The summed E-state index contributed by atoms with van der Waals surface area (Å²) in [6, 6.07) is 0. The summed E-state index contributed by atoms with van der Waals surface area (Å²) in [6.45, 7) is 12.1. The van der Waals surface area contributed by atoms with Crippen LogP contribution >= 0.6 is 0 Å². The molecule has 0 bridgehead atoms. The van der Waals surface area contributed by atoms with Crippen molar-refractivity contribution in [3.63, 3.8) is 0 Å². The molecule has 1 saturated heterocycles. The predicted molar refractivity (Wildman–Crippen MR) is 87.3 cm³/mol. The molecule has 0 aromatic carbocycles. The van der Waals surface area contributed by atoms with E-state index in [0.29, 0.717) is 6.10 Å². The second kappa shape index (κ2) is 11.5. The number of likely N-dealkylation sites (N-methyl/N-ethyl adjacent to an activating group) is 1. The van der Waals surface area contributed by atoms with Gasteiger partial charge in [0.1, 0.15) is 0 Å². The van der Waals surface area contributed by atoms with Crippen molar-refractivity contribution in [2.75, 3.05) is 46.4 Å². The van der Waals surface area contributed by atoms with Gasteiger partial charge in [-0.2, -0.15) is 0 Å². The van der Waals surface area contributed by atoms with Crippen LogP contribution in [0.2, 0.25) is 0 Å². The largest absolute Gasteiger partial charge is 0.381 e. The fourth-order valence-electron chi connectivity index (χ4n) is 3.03. The first-order chi connectivity index (χ1) is 9.80. The highest BCUT2D eigenvalue weighted by Crippen LogP contribution is 2.13. The first-order valence-electron chi connectivity index (χ1n) is 8.77. The van der Waals surface area contributed by atoms with E-state index in [1.807, 2.05) is 7.11 Å². The molecule has 0 N–H and O–H groups in total. The Bertz CT molecular complexity index is 215. The third-order valence-corrected chi connectivity index (χ3v) is 4.63. The summed E-state index contributed by atoms with van der Waals surface area (Å²) in [4.78, 5) is 5.18. The second-order valence-electron chi connectivity index (χ2n) is 6.13. The highest BCUT2D eigenvalue weighted by molar-refractivity contribution is 4.70. The van der Waals surface area contributed by atoms with Crippen LogP contribution in [0.25, 0.3) is 0 Å². The minimum absolute atomic E-state index is 0.503. The van der Waals surface area contributed by atoms with Crippen LogP contribution in [0.4, 0.5) is 0 Å². The summed E-state index contributed by atoms with van der Waals surface area (Å²) in [5, 5.41) is 0. The predicted octanol–water partition coefficient (Wildman–Crippen LogP) is 3.39. The average Bonchev–Trinajstić information content (AvgIpc) is 2.50. The van der Waals surface area contributed by atoms with Crippen LogP contribution in [0.5, 0.6) is 0 Å². The molecule has 0 aromatic rings. The van der Waals surface area contributed by atoms with Crippen molar-refractivity contribution in [3.8, 4) is 0 Å². The van der Waals surface area contributed by atoms with Gasteiger partial charge in [0.15, 0.2) is 0 Å². The Morgan fingerprint density at radius 3 is 2.10 bits per heavy atom. The molecule has 0 amide bonds.